The SMILES string of the molecule is COc1ccc(CNC(CO)C(C)C)cc1OC. The molecule has 0 aromatic heterocycles. The Hall–Kier alpha value is -1.26. The van der Waals surface area contributed by atoms with E-state index < -0.39 is 0 Å². The summed E-state index contributed by atoms with van der Waals surface area (Å²) in [6, 6.07) is 5.93. The molecule has 0 fully saturated rings. The number of hydrogen-bond acceptors (Lipinski definition) is 4. The Bertz CT molecular complexity index is 366. The zero-order chi connectivity index (χ0) is 13.5. The molecule has 1 atom stereocenters. The highest BCUT2D eigenvalue weighted by Gasteiger charge is 2.11. The first-order valence-corrected chi connectivity index (χ1v) is 6.17. The number of aliphatic hydroxyl groups is 1. The van der Waals surface area contributed by atoms with Crippen molar-refractivity contribution in [3.63, 3.8) is 0 Å². The number of methoxy groups -OCH3 is 2. The summed E-state index contributed by atoms with van der Waals surface area (Å²) in [7, 11) is 3.25. The molecular weight excluding hydrogens is 230 g/mol. The molecule has 0 spiro atoms. The van der Waals surface area contributed by atoms with Crippen molar-refractivity contribution >= 4 is 0 Å². The zero-order valence-electron chi connectivity index (χ0n) is 11.6. The summed E-state index contributed by atoms with van der Waals surface area (Å²) in [5.41, 5.74) is 1.10. The molecule has 0 heterocycles. The number of ether oxygens (including phenoxy) is 2. The zero-order valence-corrected chi connectivity index (χ0v) is 11.6. The summed E-state index contributed by atoms with van der Waals surface area (Å²) in [6.07, 6.45) is 0. The molecule has 0 aliphatic rings. The van der Waals surface area contributed by atoms with Crippen LogP contribution in [0.1, 0.15) is 19.4 Å². The van der Waals surface area contributed by atoms with E-state index in [9.17, 15) is 5.11 Å². The normalized spacial score (nSPS) is 12.6. The van der Waals surface area contributed by atoms with Gasteiger partial charge in [-0.15, -0.1) is 0 Å². The number of hydrogen-bond donors (Lipinski definition) is 2. The van der Waals surface area contributed by atoms with Gasteiger partial charge in [-0.1, -0.05) is 19.9 Å². The fraction of sp³-hybridized carbons (Fsp3) is 0.571. The van der Waals surface area contributed by atoms with Crippen LogP contribution in [0, 0.1) is 5.92 Å². The van der Waals surface area contributed by atoms with Gasteiger partial charge in [-0.25, -0.2) is 0 Å². The largest absolute Gasteiger partial charge is 0.493 e. The molecular formula is C14H23NO3. The van der Waals surface area contributed by atoms with Crippen molar-refractivity contribution in [2.45, 2.75) is 26.4 Å². The van der Waals surface area contributed by atoms with Crippen LogP contribution in [0.4, 0.5) is 0 Å². The van der Waals surface area contributed by atoms with Crippen LogP contribution in [0.25, 0.3) is 0 Å². The summed E-state index contributed by atoms with van der Waals surface area (Å²) in [5, 5.41) is 12.6. The molecule has 0 aliphatic carbocycles. The minimum atomic E-state index is 0.109. The molecule has 1 aromatic rings. The van der Waals surface area contributed by atoms with Gasteiger partial charge in [-0.2, -0.15) is 0 Å². The van der Waals surface area contributed by atoms with Crippen LogP contribution in [0.15, 0.2) is 18.2 Å². The van der Waals surface area contributed by atoms with Crippen LogP contribution in [0.3, 0.4) is 0 Å². The number of aliphatic hydroxyl groups excluding tert-OH is 1. The van der Waals surface area contributed by atoms with Gasteiger partial charge in [0.25, 0.3) is 0 Å². The highest BCUT2D eigenvalue weighted by atomic mass is 16.5. The molecule has 4 heteroatoms. The van der Waals surface area contributed by atoms with Crippen LogP contribution in [-0.2, 0) is 6.54 Å². The van der Waals surface area contributed by atoms with E-state index in [-0.39, 0.29) is 12.6 Å². The highest BCUT2D eigenvalue weighted by molar-refractivity contribution is 5.42. The molecule has 1 unspecified atom stereocenters. The molecule has 0 saturated heterocycles. The molecule has 1 aromatic carbocycles. The van der Waals surface area contributed by atoms with Crippen LogP contribution in [0.2, 0.25) is 0 Å². The Balaban J connectivity index is 2.67. The lowest BCUT2D eigenvalue weighted by Crippen LogP contribution is -2.36. The first-order valence-electron chi connectivity index (χ1n) is 6.17. The first kappa shape index (κ1) is 14.8. The van der Waals surface area contributed by atoms with Crippen LogP contribution in [-0.4, -0.2) is 32.0 Å². The van der Waals surface area contributed by atoms with E-state index in [1.54, 1.807) is 14.2 Å². The molecule has 0 bridgehead atoms. The van der Waals surface area contributed by atoms with Crippen LogP contribution >= 0.6 is 0 Å². The maximum absolute atomic E-state index is 9.25. The van der Waals surface area contributed by atoms with Crippen molar-refractivity contribution in [1.29, 1.82) is 0 Å². The minimum Gasteiger partial charge on any atom is -0.493 e. The van der Waals surface area contributed by atoms with Crippen molar-refractivity contribution in [1.82, 2.24) is 5.32 Å². The van der Waals surface area contributed by atoms with Gasteiger partial charge < -0.3 is 19.9 Å². The van der Waals surface area contributed by atoms with Crippen molar-refractivity contribution in [2.75, 3.05) is 20.8 Å². The van der Waals surface area contributed by atoms with Gasteiger partial charge in [0.05, 0.1) is 20.8 Å². The summed E-state index contributed by atoms with van der Waals surface area (Å²) in [5.74, 6) is 1.85. The van der Waals surface area contributed by atoms with Gasteiger partial charge in [-0.3, -0.25) is 0 Å². The summed E-state index contributed by atoms with van der Waals surface area (Å²) >= 11 is 0. The molecule has 0 radical (unpaired) electrons. The van der Waals surface area contributed by atoms with Crippen molar-refractivity contribution in [2.24, 2.45) is 5.92 Å². The first-order chi connectivity index (χ1) is 8.62. The molecule has 1 rings (SSSR count). The molecule has 0 saturated carbocycles. The van der Waals surface area contributed by atoms with Gasteiger partial charge in [0.2, 0.25) is 0 Å². The van der Waals surface area contributed by atoms with Gasteiger partial charge in [-0.05, 0) is 23.6 Å². The Morgan fingerprint density at radius 3 is 2.33 bits per heavy atom. The van der Waals surface area contributed by atoms with E-state index in [0.29, 0.717) is 12.5 Å². The van der Waals surface area contributed by atoms with E-state index in [0.717, 1.165) is 17.1 Å². The van der Waals surface area contributed by atoms with Crippen LogP contribution in [0.5, 0.6) is 11.5 Å². The predicted molar refractivity (Wildman–Crippen MR) is 72.1 cm³/mol. The van der Waals surface area contributed by atoms with Crippen molar-refractivity contribution < 1.29 is 14.6 Å². The lowest BCUT2D eigenvalue weighted by molar-refractivity contribution is 0.210. The smallest absolute Gasteiger partial charge is 0.161 e. The minimum absolute atomic E-state index is 0.109. The van der Waals surface area contributed by atoms with Crippen molar-refractivity contribution in [3.05, 3.63) is 23.8 Å². The molecule has 4 nitrogen and oxygen atoms in total. The molecule has 102 valence electrons. The predicted octanol–water partition coefficient (Wildman–Crippen LogP) is 1.81. The summed E-state index contributed by atoms with van der Waals surface area (Å²) in [4.78, 5) is 0. The van der Waals surface area contributed by atoms with Gasteiger partial charge in [0.15, 0.2) is 11.5 Å². The molecule has 0 amide bonds. The molecule has 0 aliphatic heterocycles. The monoisotopic (exact) mass is 253 g/mol. The van der Waals surface area contributed by atoms with E-state index in [2.05, 4.69) is 19.2 Å². The summed E-state index contributed by atoms with van der Waals surface area (Å²) < 4.78 is 10.4. The Morgan fingerprint density at radius 2 is 1.83 bits per heavy atom. The third-order valence-corrected chi connectivity index (χ3v) is 3.02. The topological polar surface area (TPSA) is 50.7 Å². The Labute approximate surface area is 109 Å². The Kier molecular flexibility index (Phi) is 5.95. The van der Waals surface area contributed by atoms with Gasteiger partial charge in [0, 0.05) is 12.6 Å². The number of rotatable bonds is 7. The quantitative estimate of drug-likeness (QED) is 0.778. The van der Waals surface area contributed by atoms with Gasteiger partial charge >= 0.3 is 0 Å². The average molecular weight is 253 g/mol. The fourth-order valence-corrected chi connectivity index (χ4v) is 1.75. The third-order valence-electron chi connectivity index (χ3n) is 3.02. The van der Waals surface area contributed by atoms with Gasteiger partial charge in [0.1, 0.15) is 0 Å². The van der Waals surface area contributed by atoms with Crippen LogP contribution < -0.4 is 14.8 Å². The number of benzene rings is 1. The van der Waals surface area contributed by atoms with Crippen molar-refractivity contribution in [3.8, 4) is 11.5 Å². The summed E-state index contributed by atoms with van der Waals surface area (Å²) in [6.45, 7) is 5.01. The van der Waals surface area contributed by atoms with E-state index in [4.69, 9.17) is 9.47 Å². The van der Waals surface area contributed by atoms with E-state index >= 15 is 0 Å². The second kappa shape index (κ2) is 7.24. The standard InChI is InChI=1S/C14H23NO3/c1-10(2)12(9-16)15-8-11-5-6-13(17-3)14(7-11)18-4/h5-7,10,12,15-16H,8-9H2,1-4H3. The lowest BCUT2D eigenvalue weighted by Gasteiger charge is -2.20. The highest BCUT2D eigenvalue weighted by Crippen LogP contribution is 2.27. The maximum Gasteiger partial charge on any atom is 0.161 e. The second-order valence-corrected chi connectivity index (χ2v) is 4.60. The van der Waals surface area contributed by atoms with E-state index in [1.807, 2.05) is 18.2 Å². The second-order valence-electron chi connectivity index (χ2n) is 4.60. The molecule has 2 N–H and O–H groups in total. The molecule has 18 heavy (non-hydrogen) atoms. The third kappa shape index (κ3) is 3.89. The number of nitrogens with one attached hydrogen (secondary N) is 1. The maximum atomic E-state index is 9.25. The average Bonchev–Trinajstić information content (AvgIpc) is 2.38. The Morgan fingerprint density at radius 1 is 1.17 bits per heavy atom. The fourth-order valence-electron chi connectivity index (χ4n) is 1.75. The lowest BCUT2D eigenvalue weighted by atomic mass is 10.0. The van der Waals surface area contributed by atoms with E-state index in [1.165, 1.54) is 0 Å².